The summed E-state index contributed by atoms with van der Waals surface area (Å²) < 4.78 is 0. The molecule has 1 N–H and O–H groups in total. The molecule has 0 aliphatic rings. The van der Waals surface area contributed by atoms with E-state index >= 15 is 0 Å². The summed E-state index contributed by atoms with van der Waals surface area (Å²) in [6, 6.07) is 0.751. The highest BCUT2D eigenvalue weighted by molar-refractivity contribution is 6.32. The molecule has 0 aromatic carbocycles. The molecule has 1 heterocycles. The molecule has 0 bridgehead atoms. The predicted molar refractivity (Wildman–Crippen MR) is 74.3 cm³/mol. The van der Waals surface area contributed by atoms with E-state index in [1.807, 2.05) is 0 Å². The fraction of sp³-hybridized carbons (Fsp3) is 0.417. The highest BCUT2D eigenvalue weighted by Crippen LogP contribution is 2.21. The Morgan fingerprint density at radius 2 is 2.14 bits per heavy atom. The number of rotatable bonds is 6. The number of aliphatic carboxylic acids is 1. The van der Waals surface area contributed by atoms with Crippen LogP contribution in [0.15, 0.2) is 12.3 Å². The van der Waals surface area contributed by atoms with E-state index in [1.54, 1.807) is 13.8 Å². The van der Waals surface area contributed by atoms with Crippen molar-refractivity contribution >= 4 is 29.2 Å². The molecule has 114 valence electrons. The van der Waals surface area contributed by atoms with E-state index in [0.717, 1.165) is 12.3 Å². The number of pyridine rings is 1. The van der Waals surface area contributed by atoms with E-state index in [2.05, 4.69) is 4.98 Å². The van der Waals surface area contributed by atoms with E-state index in [-0.39, 0.29) is 35.4 Å². The van der Waals surface area contributed by atoms with Gasteiger partial charge in [0.1, 0.15) is 11.3 Å². The van der Waals surface area contributed by atoms with Crippen LogP contribution in [-0.2, 0) is 4.79 Å². The van der Waals surface area contributed by atoms with E-state index in [9.17, 15) is 19.7 Å². The normalized spacial score (nSPS) is 10.5. The molecule has 1 amide bonds. The second-order valence-electron chi connectivity index (χ2n) is 4.53. The van der Waals surface area contributed by atoms with Gasteiger partial charge >= 0.3 is 5.97 Å². The summed E-state index contributed by atoms with van der Waals surface area (Å²) in [5, 5.41) is 19.3. The fourth-order valence-electron chi connectivity index (χ4n) is 1.65. The molecule has 1 rings (SSSR count). The number of carbonyl (C=O) groups excluding carboxylic acids is 1. The minimum atomic E-state index is -1.04. The topological polar surface area (TPSA) is 114 Å². The summed E-state index contributed by atoms with van der Waals surface area (Å²) in [7, 11) is 0. The van der Waals surface area contributed by atoms with Gasteiger partial charge in [-0.1, -0.05) is 11.6 Å². The largest absolute Gasteiger partial charge is 0.481 e. The van der Waals surface area contributed by atoms with Crippen LogP contribution in [-0.4, -0.2) is 44.4 Å². The van der Waals surface area contributed by atoms with Crippen molar-refractivity contribution < 1.29 is 19.6 Å². The third-order valence-electron chi connectivity index (χ3n) is 2.72. The van der Waals surface area contributed by atoms with Gasteiger partial charge in [0, 0.05) is 18.7 Å². The van der Waals surface area contributed by atoms with Crippen LogP contribution in [0.4, 0.5) is 5.69 Å². The van der Waals surface area contributed by atoms with Gasteiger partial charge in [-0.25, -0.2) is 4.98 Å². The van der Waals surface area contributed by atoms with Crippen molar-refractivity contribution in [3.05, 3.63) is 33.1 Å². The number of hydrogen-bond donors (Lipinski definition) is 1. The standard InChI is InChI=1S/C12H14ClN3O5/c1-7(2)15(4-3-10(17)18)12(19)9-5-8(16(20)21)6-14-11(9)13/h5-7H,3-4H2,1-2H3,(H,17,18). The fourth-order valence-corrected chi connectivity index (χ4v) is 1.84. The zero-order chi connectivity index (χ0) is 16.2. The summed E-state index contributed by atoms with van der Waals surface area (Å²) in [6.45, 7) is 3.39. The van der Waals surface area contributed by atoms with Gasteiger partial charge in [-0.2, -0.15) is 0 Å². The predicted octanol–water partition coefficient (Wildman–Crippen LogP) is 1.97. The van der Waals surface area contributed by atoms with Crippen LogP contribution in [0.1, 0.15) is 30.6 Å². The Hall–Kier alpha value is -2.22. The SMILES string of the molecule is CC(C)N(CCC(=O)O)C(=O)c1cc([N+](=O)[O-])cnc1Cl. The number of nitrogens with zero attached hydrogens (tertiary/aromatic N) is 3. The van der Waals surface area contributed by atoms with E-state index in [0.29, 0.717) is 0 Å². The molecular formula is C12H14ClN3O5. The average Bonchev–Trinajstić information content (AvgIpc) is 2.38. The van der Waals surface area contributed by atoms with Crippen LogP contribution < -0.4 is 0 Å². The summed E-state index contributed by atoms with van der Waals surface area (Å²) >= 11 is 5.81. The average molecular weight is 316 g/mol. The summed E-state index contributed by atoms with van der Waals surface area (Å²) in [6.07, 6.45) is 0.722. The lowest BCUT2D eigenvalue weighted by molar-refractivity contribution is -0.385. The molecule has 8 nitrogen and oxygen atoms in total. The Labute approximate surface area is 125 Å². The second kappa shape index (κ2) is 6.98. The smallest absolute Gasteiger partial charge is 0.305 e. The first-order valence-electron chi connectivity index (χ1n) is 6.06. The number of amides is 1. The third-order valence-corrected chi connectivity index (χ3v) is 3.02. The van der Waals surface area contributed by atoms with Gasteiger partial charge < -0.3 is 10.0 Å². The van der Waals surface area contributed by atoms with Gasteiger partial charge in [0.2, 0.25) is 0 Å². The lowest BCUT2D eigenvalue weighted by Crippen LogP contribution is -2.38. The molecule has 9 heteroatoms. The molecular weight excluding hydrogens is 302 g/mol. The number of halogens is 1. The van der Waals surface area contributed by atoms with Crippen molar-refractivity contribution in [3.8, 4) is 0 Å². The minimum absolute atomic E-state index is 0.0230. The monoisotopic (exact) mass is 315 g/mol. The van der Waals surface area contributed by atoms with Crippen molar-refractivity contribution in [2.45, 2.75) is 26.3 Å². The summed E-state index contributed by atoms with van der Waals surface area (Å²) in [4.78, 5) is 37.9. The Morgan fingerprint density at radius 3 is 2.62 bits per heavy atom. The Bertz CT molecular complexity index is 576. The first kappa shape index (κ1) is 16.8. The van der Waals surface area contributed by atoms with Crippen LogP contribution in [0.25, 0.3) is 0 Å². The maximum absolute atomic E-state index is 12.4. The van der Waals surface area contributed by atoms with Crippen molar-refractivity contribution in [1.82, 2.24) is 9.88 Å². The molecule has 1 aromatic heterocycles. The number of aromatic nitrogens is 1. The van der Waals surface area contributed by atoms with E-state index in [1.165, 1.54) is 4.90 Å². The van der Waals surface area contributed by atoms with Crippen LogP contribution in [0.2, 0.25) is 5.15 Å². The van der Waals surface area contributed by atoms with Gasteiger partial charge in [0.15, 0.2) is 0 Å². The number of carbonyl (C=O) groups is 2. The molecule has 21 heavy (non-hydrogen) atoms. The maximum atomic E-state index is 12.4. The van der Waals surface area contributed by atoms with Crippen molar-refractivity contribution in [2.24, 2.45) is 0 Å². The zero-order valence-electron chi connectivity index (χ0n) is 11.4. The van der Waals surface area contributed by atoms with Crippen LogP contribution >= 0.6 is 11.6 Å². The van der Waals surface area contributed by atoms with Crippen molar-refractivity contribution in [1.29, 1.82) is 0 Å². The first-order chi connectivity index (χ1) is 9.73. The Morgan fingerprint density at radius 1 is 1.52 bits per heavy atom. The van der Waals surface area contributed by atoms with Crippen LogP contribution in [0.5, 0.6) is 0 Å². The second-order valence-corrected chi connectivity index (χ2v) is 4.88. The number of hydrogen-bond acceptors (Lipinski definition) is 5. The van der Waals surface area contributed by atoms with Crippen LogP contribution in [0, 0.1) is 10.1 Å². The highest BCUT2D eigenvalue weighted by atomic mass is 35.5. The van der Waals surface area contributed by atoms with Crippen molar-refractivity contribution in [3.63, 3.8) is 0 Å². The quantitative estimate of drug-likeness (QED) is 0.487. The summed E-state index contributed by atoms with van der Waals surface area (Å²) in [5.41, 5.74) is -0.477. The molecule has 1 aromatic rings. The van der Waals surface area contributed by atoms with E-state index < -0.39 is 16.8 Å². The zero-order valence-corrected chi connectivity index (χ0v) is 12.2. The summed E-state index contributed by atoms with van der Waals surface area (Å²) in [5.74, 6) is -1.64. The van der Waals surface area contributed by atoms with E-state index in [4.69, 9.17) is 16.7 Å². The molecule has 0 radical (unpaired) electrons. The van der Waals surface area contributed by atoms with Gasteiger partial charge in [0.25, 0.3) is 11.6 Å². The maximum Gasteiger partial charge on any atom is 0.305 e. The molecule has 0 saturated carbocycles. The minimum Gasteiger partial charge on any atom is -0.481 e. The van der Waals surface area contributed by atoms with Gasteiger partial charge in [0.05, 0.1) is 16.9 Å². The van der Waals surface area contributed by atoms with Crippen molar-refractivity contribution in [2.75, 3.05) is 6.54 Å². The van der Waals surface area contributed by atoms with Gasteiger partial charge in [-0.3, -0.25) is 19.7 Å². The van der Waals surface area contributed by atoms with Gasteiger partial charge in [-0.15, -0.1) is 0 Å². The van der Waals surface area contributed by atoms with Crippen LogP contribution in [0.3, 0.4) is 0 Å². The molecule has 0 unspecified atom stereocenters. The number of carboxylic acid groups (broad SMARTS) is 1. The highest BCUT2D eigenvalue weighted by Gasteiger charge is 2.24. The molecule has 0 atom stereocenters. The number of carboxylic acids is 1. The molecule has 0 aliphatic heterocycles. The molecule has 0 aliphatic carbocycles. The number of nitro groups is 1. The Kier molecular flexibility index (Phi) is 5.60. The lowest BCUT2D eigenvalue weighted by Gasteiger charge is -2.26. The third kappa shape index (κ3) is 4.38. The molecule has 0 saturated heterocycles. The van der Waals surface area contributed by atoms with Gasteiger partial charge in [-0.05, 0) is 13.8 Å². The first-order valence-corrected chi connectivity index (χ1v) is 6.44. The lowest BCUT2D eigenvalue weighted by atomic mass is 10.2. The molecule has 0 spiro atoms. The Balaban J connectivity index is 3.11. The molecule has 0 fully saturated rings.